The Morgan fingerprint density at radius 1 is 0.922 bits per heavy atom. The highest BCUT2D eigenvalue weighted by Gasteiger charge is 2.32. The summed E-state index contributed by atoms with van der Waals surface area (Å²) in [5.41, 5.74) is 5.58. The van der Waals surface area contributed by atoms with Gasteiger partial charge in [0.2, 0.25) is 0 Å². The molecule has 2 aromatic carbocycles. The lowest BCUT2D eigenvalue weighted by Gasteiger charge is -2.45. The summed E-state index contributed by atoms with van der Waals surface area (Å²) in [5.74, 6) is 6.44. The number of anilines is 2. The number of hydrogen-bond acceptors (Lipinski definition) is 9. The number of fused-ring (bicyclic) bond motifs is 3. The maximum atomic E-state index is 13.0. The van der Waals surface area contributed by atoms with Crippen molar-refractivity contribution in [2.45, 2.75) is 32.4 Å². The van der Waals surface area contributed by atoms with Crippen molar-refractivity contribution in [2.24, 2.45) is 0 Å². The van der Waals surface area contributed by atoms with Crippen LogP contribution in [0.4, 0.5) is 11.4 Å². The van der Waals surface area contributed by atoms with Crippen LogP contribution in [0, 0.1) is 11.8 Å². The SMILES string of the molecule is CC#CC(=O)Nc1cc(-c2cc3c(cn2)cc(-c2c(Cl)c(OC)cc(OC)c2Cl)c2nccn23)c(OC)cc1N1CCCCC1N1CCOCC1. The molecule has 1 unspecified atom stereocenters. The van der Waals surface area contributed by atoms with Gasteiger partial charge in [-0.3, -0.25) is 19.1 Å². The number of aromatic nitrogens is 3. The van der Waals surface area contributed by atoms with Gasteiger partial charge >= 0.3 is 0 Å². The number of hydrogen-bond donors (Lipinski definition) is 1. The molecular formula is C38H38Cl2N6O5. The van der Waals surface area contributed by atoms with Gasteiger partial charge in [0.05, 0.1) is 73.3 Å². The van der Waals surface area contributed by atoms with E-state index in [1.165, 1.54) is 0 Å². The number of rotatable bonds is 8. The molecular weight excluding hydrogens is 691 g/mol. The highest BCUT2D eigenvalue weighted by molar-refractivity contribution is 6.41. The number of carbonyl (C=O) groups is 1. The van der Waals surface area contributed by atoms with Crippen LogP contribution in [-0.2, 0) is 9.53 Å². The number of amides is 1. The molecule has 0 radical (unpaired) electrons. The number of morpholine rings is 1. The van der Waals surface area contributed by atoms with Crippen molar-refractivity contribution in [3.8, 4) is 51.5 Å². The van der Waals surface area contributed by atoms with Crippen molar-refractivity contribution >= 4 is 57.0 Å². The number of nitrogens with zero attached hydrogens (tertiary/aromatic N) is 5. The van der Waals surface area contributed by atoms with E-state index in [-0.39, 0.29) is 12.1 Å². The Bertz CT molecular complexity index is 2160. The zero-order valence-electron chi connectivity index (χ0n) is 28.9. The van der Waals surface area contributed by atoms with Gasteiger partial charge in [0.1, 0.15) is 22.9 Å². The number of ether oxygens (including phenoxy) is 4. The molecule has 2 aliphatic rings. The Morgan fingerprint density at radius 2 is 1.67 bits per heavy atom. The summed E-state index contributed by atoms with van der Waals surface area (Å²) >= 11 is 13.7. The number of piperidine rings is 1. The van der Waals surface area contributed by atoms with Crippen LogP contribution in [0.15, 0.2) is 48.9 Å². The highest BCUT2D eigenvalue weighted by atomic mass is 35.5. The van der Waals surface area contributed by atoms with E-state index in [2.05, 4.69) is 31.9 Å². The predicted octanol–water partition coefficient (Wildman–Crippen LogP) is 7.16. The molecule has 51 heavy (non-hydrogen) atoms. The zero-order valence-corrected chi connectivity index (χ0v) is 30.4. The molecule has 264 valence electrons. The number of pyridine rings is 2. The topological polar surface area (TPSA) is 103 Å². The van der Waals surface area contributed by atoms with E-state index in [0.717, 1.165) is 55.5 Å². The third-order valence-electron chi connectivity index (χ3n) is 9.52. The Morgan fingerprint density at radius 3 is 2.37 bits per heavy atom. The molecule has 2 aliphatic heterocycles. The largest absolute Gasteiger partial charge is 0.496 e. The van der Waals surface area contributed by atoms with Crippen molar-refractivity contribution in [3.05, 3.63) is 59.0 Å². The summed E-state index contributed by atoms with van der Waals surface area (Å²) in [6.07, 6.45) is 8.74. The minimum atomic E-state index is -0.389. The fraction of sp³-hybridized carbons (Fsp3) is 0.342. The van der Waals surface area contributed by atoms with E-state index in [9.17, 15) is 4.79 Å². The lowest BCUT2D eigenvalue weighted by atomic mass is 10.0. The fourth-order valence-electron chi connectivity index (χ4n) is 7.14. The number of methoxy groups -OCH3 is 3. The van der Waals surface area contributed by atoms with Gasteiger partial charge in [-0.1, -0.05) is 29.1 Å². The molecule has 0 saturated carbocycles. The second-order valence-electron chi connectivity index (χ2n) is 12.3. The summed E-state index contributed by atoms with van der Waals surface area (Å²) in [6, 6.07) is 9.53. The first-order valence-electron chi connectivity index (χ1n) is 16.8. The van der Waals surface area contributed by atoms with Crippen molar-refractivity contribution in [1.29, 1.82) is 0 Å². The summed E-state index contributed by atoms with van der Waals surface area (Å²) in [4.78, 5) is 27.4. The first-order valence-corrected chi connectivity index (χ1v) is 17.5. The van der Waals surface area contributed by atoms with Crippen LogP contribution in [0.3, 0.4) is 0 Å². The molecule has 0 spiro atoms. The standard InChI is InChI=1S/C38H38Cl2N6O5/c1-5-8-33(47)43-27-18-24(30(48-2)20-29(27)45-11-7-6-9-34(45)44-13-15-51-16-14-44)26-19-28-23(22-42-26)17-25(38-41-10-12-46(28)38)35-36(39)31(49-3)21-32(50-4)37(35)40/h10,12,17-22,34H,6-7,9,11,13-16H2,1-4H3,(H,43,47). The van der Waals surface area contributed by atoms with Crippen molar-refractivity contribution in [3.63, 3.8) is 0 Å². The minimum absolute atomic E-state index is 0.167. The lowest BCUT2D eigenvalue weighted by Crippen LogP contribution is -2.54. The highest BCUT2D eigenvalue weighted by Crippen LogP contribution is 2.48. The molecule has 7 rings (SSSR count). The van der Waals surface area contributed by atoms with Gasteiger partial charge in [-0.25, -0.2) is 4.98 Å². The average Bonchev–Trinajstić information content (AvgIpc) is 3.66. The molecule has 11 nitrogen and oxygen atoms in total. The molecule has 1 amide bonds. The molecule has 5 aromatic rings. The monoisotopic (exact) mass is 728 g/mol. The normalized spacial score (nSPS) is 16.5. The Hall–Kier alpha value is -4.73. The van der Waals surface area contributed by atoms with E-state index in [4.69, 9.17) is 47.1 Å². The maximum absolute atomic E-state index is 13.0. The van der Waals surface area contributed by atoms with Gasteiger partial charge in [0.15, 0.2) is 0 Å². The van der Waals surface area contributed by atoms with Gasteiger partial charge in [0.25, 0.3) is 5.91 Å². The van der Waals surface area contributed by atoms with E-state index in [1.807, 2.05) is 34.9 Å². The lowest BCUT2D eigenvalue weighted by molar-refractivity contribution is -0.111. The van der Waals surface area contributed by atoms with Crippen molar-refractivity contribution < 1.29 is 23.7 Å². The van der Waals surface area contributed by atoms with Crippen LogP contribution in [-0.4, -0.2) is 85.5 Å². The van der Waals surface area contributed by atoms with Crippen LogP contribution >= 0.6 is 23.2 Å². The molecule has 13 heteroatoms. The summed E-state index contributed by atoms with van der Waals surface area (Å²) < 4.78 is 24.7. The van der Waals surface area contributed by atoms with Gasteiger partial charge in [-0.2, -0.15) is 0 Å². The number of imidazole rings is 1. The summed E-state index contributed by atoms with van der Waals surface area (Å²) in [5, 5.41) is 4.57. The maximum Gasteiger partial charge on any atom is 0.300 e. The van der Waals surface area contributed by atoms with E-state index in [0.29, 0.717) is 74.2 Å². The molecule has 5 heterocycles. The first-order chi connectivity index (χ1) is 24.9. The van der Waals surface area contributed by atoms with Crippen molar-refractivity contribution in [2.75, 3.05) is 64.4 Å². The number of nitrogens with one attached hydrogen (secondary N) is 1. The van der Waals surface area contributed by atoms with Crippen molar-refractivity contribution in [1.82, 2.24) is 19.3 Å². The molecule has 1 atom stereocenters. The van der Waals surface area contributed by atoms with Gasteiger partial charge in [0, 0.05) is 72.4 Å². The molecule has 0 aliphatic carbocycles. The van der Waals surface area contributed by atoms with Gasteiger partial charge < -0.3 is 29.2 Å². The first kappa shape index (κ1) is 34.7. The summed E-state index contributed by atoms with van der Waals surface area (Å²) in [7, 11) is 4.73. The quantitative estimate of drug-likeness (QED) is 0.167. The number of carbonyl (C=O) groups excluding carboxylic acids is 1. The predicted molar refractivity (Wildman–Crippen MR) is 200 cm³/mol. The average molecular weight is 730 g/mol. The van der Waals surface area contributed by atoms with Gasteiger partial charge in [-0.15, -0.1) is 0 Å². The Balaban J connectivity index is 1.37. The number of halogens is 2. The molecule has 3 aromatic heterocycles. The second kappa shape index (κ2) is 14.9. The van der Waals surface area contributed by atoms with Gasteiger partial charge in [-0.05, 0) is 50.3 Å². The van der Waals surface area contributed by atoms with Crippen LogP contribution in [0.5, 0.6) is 17.2 Å². The third-order valence-corrected chi connectivity index (χ3v) is 10.3. The number of benzene rings is 2. The Kier molecular flexibility index (Phi) is 10.1. The molecule has 2 fully saturated rings. The van der Waals surface area contributed by atoms with E-state index >= 15 is 0 Å². The van der Waals surface area contributed by atoms with E-state index in [1.54, 1.807) is 46.7 Å². The zero-order chi connectivity index (χ0) is 35.6. The minimum Gasteiger partial charge on any atom is -0.496 e. The van der Waals surface area contributed by atoms with Crippen LogP contribution in [0.25, 0.3) is 38.9 Å². The fourth-order valence-corrected chi connectivity index (χ4v) is 7.84. The molecule has 1 N–H and O–H groups in total. The smallest absolute Gasteiger partial charge is 0.300 e. The Labute approximate surface area is 306 Å². The van der Waals surface area contributed by atoms with E-state index < -0.39 is 0 Å². The van der Waals surface area contributed by atoms with Crippen LogP contribution in [0.2, 0.25) is 10.0 Å². The van der Waals surface area contributed by atoms with Crippen LogP contribution in [0.1, 0.15) is 26.2 Å². The third kappa shape index (κ3) is 6.49. The molecule has 0 bridgehead atoms. The molecule has 2 saturated heterocycles. The second-order valence-corrected chi connectivity index (χ2v) is 13.1. The summed E-state index contributed by atoms with van der Waals surface area (Å²) in [6.45, 7) is 5.61. The van der Waals surface area contributed by atoms with Crippen LogP contribution < -0.4 is 24.4 Å².